The molecule has 2 aromatic rings. The smallest absolute Gasteiger partial charge is 0.419 e. The van der Waals surface area contributed by atoms with Gasteiger partial charge in [-0.1, -0.05) is 35.3 Å². The van der Waals surface area contributed by atoms with Crippen molar-refractivity contribution in [3.05, 3.63) is 69.0 Å². The summed E-state index contributed by atoms with van der Waals surface area (Å²) in [6, 6.07) is 6.29. The van der Waals surface area contributed by atoms with Crippen LogP contribution in [0.4, 0.5) is 22.0 Å². The first-order valence-electron chi connectivity index (χ1n) is 9.97. The van der Waals surface area contributed by atoms with Crippen LogP contribution in [-0.2, 0) is 35.7 Å². The van der Waals surface area contributed by atoms with Crippen molar-refractivity contribution >= 4 is 44.8 Å². The average Bonchev–Trinajstić information content (AvgIpc) is 3.21. The molecule has 7 nitrogen and oxygen atoms in total. The summed E-state index contributed by atoms with van der Waals surface area (Å²) in [5, 5.41) is 1.99. The van der Waals surface area contributed by atoms with Crippen LogP contribution in [0.15, 0.2) is 41.6 Å². The molecular weight excluding hydrogens is 558 g/mol. The SMILES string of the molecule is CS(=O)(=O)CC(=O)N1CC(F)(c2ccc(C3=NOC(c4cc(Cl)c(F)c(Cl)c4)(C(F)(F)F)O3)cc2)C1. The number of hydrogen-bond donors (Lipinski definition) is 0. The Bertz CT molecular complexity index is 1340. The maximum atomic E-state index is 15.2. The van der Waals surface area contributed by atoms with E-state index in [1.54, 1.807) is 0 Å². The van der Waals surface area contributed by atoms with Crippen LogP contribution in [0.25, 0.3) is 0 Å². The number of halogens is 7. The number of carbonyl (C=O) groups excluding carboxylic acids is 1. The molecule has 2 aromatic carbocycles. The minimum Gasteiger partial charge on any atom is -0.419 e. The monoisotopic (exact) mass is 572 g/mol. The molecule has 0 aliphatic carbocycles. The maximum absolute atomic E-state index is 15.2. The number of amides is 1. The van der Waals surface area contributed by atoms with Gasteiger partial charge in [-0.05, 0) is 35.0 Å². The first-order valence-corrected chi connectivity index (χ1v) is 12.8. The minimum absolute atomic E-state index is 0.00267. The van der Waals surface area contributed by atoms with Crippen LogP contribution in [0.1, 0.15) is 16.7 Å². The van der Waals surface area contributed by atoms with Gasteiger partial charge in [-0.3, -0.25) is 4.79 Å². The number of benzene rings is 2. The lowest BCUT2D eigenvalue weighted by Gasteiger charge is -2.44. The summed E-state index contributed by atoms with van der Waals surface area (Å²) in [5.41, 5.74) is -2.62. The first-order chi connectivity index (χ1) is 16.5. The van der Waals surface area contributed by atoms with Gasteiger partial charge >= 0.3 is 12.0 Å². The predicted molar refractivity (Wildman–Crippen MR) is 118 cm³/mol. The van der Waals surface area contributed by atoms with Gasteiger partial charge in [0.05, 0.1) is 28.7 Å². The number of ether oxygens (including phenoxy) is 1. The summed E-state index contributed by atoms with van der Waals surface area (Å²) in [6.45, 7) is -0.769. The third-order valence-electron chi connectivity index (χ3n) is 5.51. The van der Waals surface area contributed by atoms with Crippen LogP contribution >= 0.6 is 23.2 Å². The van der Waals surface area contributed by atoms with Crippen LogP contribution in [0.5, 0.6) is 0 Å². The molecule has 1 unspecified atom stereocenters. The lowest BCUT2D eigenvalue weighted by atomic mass is 9.87. The Kier molecular flexibility index (Phi) is 6.41. The summed E-state index contributed by atoms with van der Waals surface area (Å²) >= 11 is 11.3. The van der Waals surface area contributed by atoms with Crippen molar-refractivity contribution in [1.29, 1.82) is 0 Å². The molecule has 36 heavy (non-hydrogen) atoms. The number of oxime groups is 1. The fourth-order valence-corrected chi connectivity index (χ4v) is 4.78. The largest absolute Gasteiger partial charge is 0.475 e. The third-order valence-corrected chi connectivity index (χ3v) is 6.83. The minimum atomic E-state index is -5.19. The second-order valence-corrected chi connectivity index (χ2v) is 11.3. The number of rotatable bonds is 5. The van der Waals surface area contributed by atoms with Gasteiger partial charge in [0.15, 0.2) is 21.3 Å². The van der Waals surface area contributed by atoms with Crippen molar-refractivity contribution in [1.82, 2.24) is 4.90 Å². The molecule has 0 saturated carbocycles. The first kappa shape index (κ1) is 26.4. The van der Waals surface area contributed by atoms with Gasteiger partial charge in [0.25, 0.3) is 5.90 Å². The average molecular weight is 573 g/mol. The van der Waals surface area contributed by atoms with Gasteiger partial charge in [0.1, 0.15) is 5.75 Å². The Morgan fingerprint density at radius 3 is 2.17 bits per heavy atom. The molecule has 0 spiro atoms. The summed E-state index contributed by atoms with van der Waals surface area (Å²) in [5.74, 6) is -6.66. The van der Waals surface area contributed by atoms with Crippen molar-refractivity contribution in [2.75, 3.05) is 25.1 Å². The second-order valence-electron chi connectivity index (χ2n) is 8.32. The van der Waals surface area contributed by atoms with E-state index in [2.05, 4.69) is 9.99 Å². The second kappa shape index (κ2) is 8.73. The maximum Gasteiger partial charge on any atom is 0.475 e. The molecule has 194 valence electrons. The van der Waals surface area contributed by atoms with Crippen molar-refractivity contribution in [3.63, 3.8) is 0 Å². The van der Waals surface area contributed by atoms with E-state index in [9.17, 15) is 30.8 Å². The van der Waals surface area contributed by atoms with Gasteiger partial charge < -0.3 is 14.5 Å². The fourth-order valence-electron chi connectivity index (χ4n) is 3.67. The Balaban J connectivity index is 1.52. The number of sulfone groups is 1. The van der Waals surface area contributed by atoms with Crippen molar-refractivity contribution in [2.45, 2.75) is 17.6 Å². The lowest BCUT2D eigenvalue weighted by Crippen LogP contribution is -2.59. The highest BCUT2D eigenvalue weighted by molar-refractivity contribution is 7.91. The van der Waals surface area contributed by atoms with Gasteiger partial charge in [-0.25, -0.2) is 17.2 Å². The van der Waals surface area contributed by atoms with Crippen LogP contribution in [0, 0.1) is 5.82 Å². The van der Waals surface area contributed by atoms with E-state index in [1.807, 2.05) is 0 Å². The Labute approximate surface area is 211 Å². The van der Waals surface area contributed by atoms with E-state index in [-0.39, 0.29) is 24.2 Å². The summed E-state index contributed by atoms with van der Waals surface area (Å²) in [7, 11) is -3.57. The molecule has 1 atom stereocenters. The highest BCUT2D eigenvalue weighted by Gasteiger charge is 2.66. The highest BCUT2D eigenvalue weighted by atomic mass is 35.5. The molecule has 0 aromatic heterocycles. The molecule has 1 saturated heterocycles. The molecule has 4 rings (SSSR count). The molecule has 2 aliphatic heterocycles. The molecule has 0 N–H and O–H groups in total. The zero-order valence-corrected chi connectivity index (χ0v) is 20.4. The van der Waals surface area contributed by atoms with Crippen LogP contribution in [-0.4, -0.2) is 56.4 Å². The van der Waals surface area contributed by atoms with E-state index in [4.69, 9.17) is 27.9 Å². The van der Waals surface area contributed by atoms with E-state index in [0.29, 0.717) is 12.1 Å². The van der Waals surface area contributed by atoms with E-state index < -0.39 is 66.5 Å². The zero-order valence-electron chi connectivity index (χ0n) is 18.1. The number of alkyl halides is 4. The van der Waals surface area contributed by atoms with E-state index in [0.717, 1.165) is 11.2 Å². The fraction of sp³-hybridized carbons (Fsp3) is 0.333. The highest BCUT2D eigenvalue weighted by Crippen LogP contribution is 2.48. The topological polar surface area (TPSA) is 85.3 Å². The Morgan fingerprint density at radius 2 is 1.67 bits per heavy atom. The molecule has 1 amide bonds. The predicted octanol–water partition coefficient (Wildman–Crippen LogP) is 4.31. The van der Waals surface area contributed by atoms with Gasteiger partial charge in [0.2, 0.25) is 5.91 Å². The number of likely N-dealkylation sites (tertiary alicyclic amines) is 1. The quantitative estimate of drug-likeness (QED) is 0.394. The zero-order chi connectivity index (χ0) is 26.7. The van der Waals surface area contributed by atoms with Crippen LogP contribution in [0.3, 0.4) is 0 Å². The number of hydrogen-bond acceptors (Lipinski definition) is 6. The number of nitrogens with zero attached hydrogens (tertiary/aromatic N) is 2. The molecule has 15 heteroatoms. The number of carbonyl (C=O) groups is 1. The van der Waals surface area contributed by atoms with E-state index >= 15 is 4.39 Å². The molecule has 0 radical (unpaired) electrons. The van der Waals surface area contributed by atoms with Gasteiger partial charge in [-0.15, -0.1) is 0 Å². The molecule has 1 fully saturated rings. The van der Waals surface area contributed by atoms with E-state index in [1.165, 1.54) is 24.3 Å². The normalized spacial score (nSPS) is 21.3. The lowest BCUT2D eigenvalue weighted by molar-refractivity contribution is -0.352. The molecule has 2 aliphatic rings. The summed E-state index contributed by atoms with van der Waals surface area (Å²) < 4.78 is 98.5. The molecule has 0 bridgehead atoms. The van der Waals surface area contributed by atoms with Crippen molar-refractivity contribution < 1.29 is 44.7 Å². The summed E-state index contributed by atoms with van der Waals surface area (Å²) in [4.78, 5) is 17.6. The molecule has 2 heterocycles. The Morgan fingerprint density at radius 1 is 1.11 bits per heavy atom. The summed E-state index contributed by atoms with van der Waals surface area (Å²) in [6.07, 6.45) is -4.31. The van der Waals surface area contributed by atoms with Crippen molar-refractivity contribution in [3.8, 4) is 0 Å². The van der Waals surface area contributed by atoms with Crippen LogP contribution < -0.4 is 0 Å². The third kappa shape index (κ3) is 4.71. The standard InChI is InChI=1S/C21H15Cl2F5N2O5S/c1-36(32,33)8-16(31)30-9-19(25,10-30)12-4-2-11(3-5-12)18-29-35-20(34-18,21(26,27)28)13-6-14(22)17(24)15(23)7-13/h2-7H,8-10H2,1H3. The molecular formula is C21H15Cl2F5N2O5S. The Hall–Kier alpha value is -2.64. The van der Waals surface area contributed by atoms with Crippen LogP contribution in [0.2, 0.25) is 10.0 Å². The van der Waals surface area contributed by atoms with Gasteiger partial charge in [0, 0.05) is 11.8 Å². The van der Waals surface area contributed by atoms with Gasteiger partial charge in [-0.2, -0.15) is 13.2 Å². The van der Waals surface area contributed by atoms with Crippen molar-refractivity contribution in [2.24, 2.45) is 5.16 Å².